The minimum Gasteiger partial charge on any atom is -0.493 e. The van der Waals surface area contributed by atoms with Crippen molar-refractivity contribution in [2.75, 3.05) is 6.61 Å². The van der Waals surface area contributed by atoms with Crippen molar-refractivity contribution in [3.05, 3.63) is 24.0 Å². The molecule has 2 nitrogen and oxygen atoms in total. The van der Waals surface area contributed by atoms with Crippen molar-refractivity contribution in [2.24, 2.45) is 5.92 Å². The number of nitrogens with zero attached hydrogens (tertiary/aromatic N) is 1. The zero-order valence-electron chi connectivity index (χ0n) is 8.79. The maximum atomic E-state index is 5.81. The summed E-state index contributed by atoms with van der Waals surface area (Å²) in [7, 11) is 0. The third-order valence-electron chi connectivity index (χ3n) is 2.95. The van der Waals surface area contributed by atoms with E-state index in [1.807, 2.05) is 6.07 Å². The van der Waals surface area contributed by atoms with Crippen LogP contribution in [-0.4, -0.2) is 11.6 Å². The lowest BCUT2D eigenvalue weighted by molar-refractivity contribution is 0.250. The Hall–Kier alpha value is -0.760. The SMILES string of the molecule is ClCc1cnccc1OCC1CCCC1. The number of hydrogen-bond acceptors (Lipinski definition) is 2. The van der Waals surface area contributed by atoms with Crippen LogP contribution in [0, 0.1) is 5.92 Å². The Balaban J connectivity index is 1.91. The number of halogens is 1. The molecule has 0 spiro atoms. The number of alkyl halides is 1. The van der Waals surface area contributed by atoms with Crippen molar-refractivity contribution in [1.29, 1.82) is 0 Å². The van der Waals surface area contributed by atoms with Crippen molar-refractivity contribution in [3.63, 3.8) is 0 Å². The average Bonchev–Trinajstić information content (AvgIpc) is 2.79. The van der Waals surface area contributed by atoms with Crippen LogP contribution in [0.3, 0.4) is 0 Å². The fraction of sp³-hybridized carbons (Fsp3) is 0.583. The largest absolute Gasteiger partial charge is 0.493 e. The molecule has 0 atom stereocenters. The molecule has 1 aliphatic carbocycles. The Morgan fingerprint density at radius 1 is 1.40 bits per heavy atom. The van der Waals surface area contributed by atoms with E-state index in [1.165, 1.54) is 25.7 Å². The second kappa shape index (κ2) is 5.36. The van der Waals surface area contributed by atoms with Gasteiger partial charge in [-0.25, -0.2) is 0 Å². The van der Waals surface area contributed by atoms with Crippen molar-refractivity contribution >= 4 is 11.6 Å². The maximum Gasteiger partial charge on any atom is 0.126 e. The van der Waals surface area contributed by atoms with Gasteiger partial charge in [0.2, 0.25) is 0 Å². The van der Waals surface area contributed by atoms with Crippen molar-refractivity contribution in [1.82, 2.24) is 4.98 Å². The van der Waals surface area contributed by atoms with Gasteiger partial charge in [0.15, 0.2) is 0 Å². The van der Waals surface area contributed by atoms with Gasteiger partial charge >= 0.3 is 0 Å². The smallest absolute Gasteiger partial charge is 0.126 e. The predicted octanol–water partition coefficient (Wildman–Crippen LogP) is 3.39. The van der Waals surface area contributed by atoms with Crippen LogP contribution in [0.15, 0.2) is 18.5 Å². The predicted molar refractivity (Wildman–Crippen MR) is 61.2 cm³/mol. The van der Waals surface area contributed by atoms with Gasteiger partial charge < -0.3 is 4.74 Å². The minimum atomic E-state index is 0.466. The van der Waals surface area contributed by atoms with E-state index in [-0.39, 0.29) is 0 Å². The molecule has 0 amide bonds. The van der Waals surface area contributed by atoms with Crippen LogP contribution in [0.2, 0.25) is 0 Å². The molecule has 1 saturated carbocycles. The Morgan fingerprint density at radius 2 is 2.20 bits per heavy atom. The lowest BCUT2D eigenvalue weighted by Crippen LogP contribution is -2.09. The number of pyridine rings is 1. The second-order valence-electron chi connectivity index (χ2n) is 4.08. The van der Waals surface area contributed by atoms with Gasteiger partial charge in [-0.2, -0.15) is 0 Å². The summed E-state index contributed by atoms with van der Waals surface area (Å²) < 4.78 is 5.79. The van der Waals surface area contributed by atoms with Crippen LogP contribution >= 0.6 is 11.6 Å². The van der Waals surface area contributed by atoms with Gasteiger partial charge in [-0.3, -0.25) is 4.98 Å². The monoisotopic (exact) mass is 225 g/mol. The third kappa shape index (κ3) is 2.85. The normalized spacial score (nSPS) is 16.9. The topological polar surface area (TPSA) is 22.1 Å². The van der Waals surface area contributed by atoms with E-state index < -0.39 is 0 Å². The summed E-state index contributed by atoms with van der Waals surface area (Å²) in [5.41, 5.74) is 0.983. The Bertz CT molecular complexity index is 310. The van der Waals surface area contributed by atoms with E-state index in [9.17, 15) is 0 Å². The summed E-state index contributed by atoms with van der Waals surface area (Å²) in [6.07, 6.45) is 8.85. The summed E-state index contributed by atoms with van der Waals surface area (Å²) in [6, 6.07) is 1.90. The molecule has 0 bridgehead atoms. The van der Waals surface area contributed by atoms with Crippen LogP contribution in [0.25, 0.3) is 0 Å². The molecule has 1 aliphatic rings. The molecule has 0 N–H and O–H groups in total. The highest BCUT2D eigenvalue weighted by atomic mass is 35.5. The molecule has 82 valence electrons. The minimum absolute atomic E-state index is 0.466. The van der Waals surface area contributed by atoms with Crippen LogP contribution in [-0.2, 0) is 5.88 Å². The second-order valence-corrected chi connectivity index (χ2v) is 4.35. The van der Waals surface area contributed by atoms with E-state index >= 15 is 0 Å². The van der Waals surface area contributed by atoms with E-state index in [2.05, 4.69) is 4.98 Å². The molecule has 1 fully saturated rings. The lowest BCUT2D eigenvalue weighted by Gasteiger charge is -2.13. The Morgan fingerprint density at radius 3 is 2.93 bits per heavy atom. The highest BCUT2D eigenvalue weighted by Crippen LogP contribution is 2.26. The van der Waals surface area contributed by atoms with E-state index in [1.54, 1.807) is 12.4 Å². The molecular formula is C12H16ClNO. The molecule has 0 radical (unpaired) electrons. The van der Waals surface area contributed by atoms with Crippen LogP contribution in [0.5, 0.6) is 5.75 Å². The molecule has 0 aromatic carbocycles. The van der Waals surface area contributed by atoms with Gasteiger partial charge in [0.25, 0.3) is 0 Å². The zero-order valence-corrected chi connectivity index (χ0v) is 9.54. The van der Waals surface area contributed by atoms with Gasteiger partial charge in [-0.15, -0.1) is 11.6 Å². The summed E-state index contributed by atoms with van der Waals surface area (Å²) in [5.74, 6) is 2.10. The fourth-order valence-electron chi connectivity index (χ4n) is 2.04. The first-order valence-electron chi connectivity index (χ1n) is 5.52. The highest BCUT2D eigenvalue weighted by Gasteiger charge is 2.16. The first kappa shape index (κ1) is 10.7. The molecule has 1 aromatic heterocycles. The standard InChI is InChI=1S/C12H16ClNO/c13-7-11-8-14-6-5-12(11)15-9-10-3-1-2-4-10/h5-6,8,10H,1-4,7,9H2. The molecule has 1 heterocycles. The van der Waals surface area contributed by atoms with Crippen molar-refractivity contribution in [2.45, 2.75) is 31.6 Å². The van der Waals surface area contributed by atoms with Gasteiger partial charge in [0.05, 0.1) is 12.5 Å². The number of ether oxygens (including phenoxy) is 1. The molecule has 15 heavy (non-hydrogen) atoms. The van der Waals surface area contributed by atoms with E-state index in [0.717, 1.165) is 23.8 Å². The molecule has 3 heteroatoms. The summed E-state index contributed by atoms with van der Waals surface area (Å²) in [6.45, 7) is 0.827. The molecule has 0 aliphatic heterocycles. The van der Waals surface area contributed by atoms with Crippen molar-refractivity contribution < 1.29 is 4.74 Å². The molecule has 2 rings (SSSR count). The maximum absolute atomic E-state index is 5.81. The molecule has 0 saturated heterocycles. The summed E-state index contributed by atoms with van der Waals surface area (Å²) in [5, 5.41) is 0. The summed E-state index contributed by atoms with van der Waals surface area (Å²) >= 11 is 5.81. The van der Waals surface area contributed by atoms with Gasteiger partial charge in [-0.1, -0.05) is 12.8 Å². The first-order chi connectivity index (χ1) is 7.40. The van der Waals surface area contributed by atoms with Crippen LogP contribution in [0.1, 0.15) is 31.2 Å². The first-order valence-corrected chi connectivity index (χ1v) is 6.05. The average molecular weight is 226 g/mol. The van der Waals surface area contributed by atoms with Crippen LogP contribution in [0.4, 0.5) is 0 Å². The van der Waals surface area contributed by atoms with Crippen LogP contribution < -0.4 is 4.74 Å². The van der Waals surface area contributed by atoms with Gasteiger partial charge in [0, 0.05) is 18.0 Å². The quantitative estimate of drug-likeness (QED) is 0.733. The Labute approximate surface area is 95.6 Å². The lowest BCUT2D eigenvalue weighted by atomic mass is 10.1. The Kier molecular flexibility index (Phi) is 3.84. The van der Waals surface area contributed by atoms with Crippen molar-refractivity contribution in [3.8, 4) is 5.75 Å². The fourth-order valence-corrected chi connectivity index (χ4v) is 2.24. The van der Waals surface area contributed by atoms with E-state index in [0.29, 0.717) is 5.88 Å². The zero-order chi connectivity index (χ0) is 10.5. The van der Waals surface area contributed by atoms with E-state index in [4.69, 9.17) is 16.3 Å². The molecule has 0 unspecified atom stereocenters. The molecular weight excluding hydrogens is 210 g/mol. The summed E-state index contributed by atoms with van der Waals surface area (Å²) in [4.78, 5) is 4.03. The third-order valence-corrected chi connectivity index (χ3v) is 3.24. The number of hydrogen-bond donors (Lipinski definition) is 0. The number of aromatic nitrogens is 1. The number of rotatable bonds is 4. The van der Waals surface area contributed by atoms with Gasteiger partial charge in [-0.05, 0) is 24.8 Å². The highest BCUT2D eigenvalue weighted by molar-refractivity contribution is 6.17. The van der Waals surface area contributed by atoms with Gasteiger partial charge in [0.1, 0.15) is 5.75 Å². The molecule has 1 aromatic rings.